The van der Waals surface area contributed by atoms with Gasteiger partial charge in [0.1, 0.15) is 5.60 Å². The lowest BCUT2D eigenvalue weighted by atomic mass is 10.1. The number of esters is 1. The summed E-state index contributed by atoms with van der Waals surface area (Å²) in [6.07, 6.45) is 0.891. The van der Waals surface area contributed by atoms with Crippen molar-refractivity contribution in [3.8, 4) is 16.9 Å². The van der Waals surface area contributed by atoms with Gasteiger partial charge in [-0.3, -0.25) is 0 Å². The number of pyridine rings is 1. The molecule has 27 heavy (non-hydrogen) atoms. The number of nitrogens with zero attached hydrogens (tertiary/aromatic N) is 1. The zero-order chi connectivity index (χ0) is 20.2. The number of ether oxygens (including phenoxy) is 2. The Kier molecular flexibility index (Phi) is 5.88. The second-order valence-electron chi connectivity index (χ2n) is 8.20. The van der Waals surface area contributed by atoms with E-state index in [2.05, 4.69) is 10.3 Å². The molecule has 1 N–H and O–H groups in total. The van der Waals surface area contributed by atoms with E-state index in [0.717, 1.165) is 11.1 Å². The van der Waals surface area contributed by atoms with Crippen LogP contribution < -0.4 is 10.1 Å². The quantitative estimate of drug-likeness (QED) is 0.800. The Morgan fingerprint density at radius 2 is 1.59 bits per heavy atom. The summed E-state index contributed by atoms with van der Waals surface area (Å²) < 4.78 is 10.8. The van der Waals surface area contributed by atoms with Crippen molar-refractivity contribution in [3.05, 3.63) is 48.3 Å². The number of aromatic nitrogens is 1. The van der Waals surface area contributed by atoms with Gasteiger partial charge in [-0.25, -0.2) is 14.6 Å². The Morgan fingerprint density at radius 3 is 2.15 bits per heavy atom. The van der Waals surface area contributed by atoms with Crippen molar-refractivity contribution in [2.24, 2.45) is 0 Å². The molecule has 0 atom stereocenters. The Hall–Kier alpha value is -2.89. The maximum absolute atomic E-state index is 12.5. The predicted molar refractivity (Wildman–Crippen MR) is 104 cm³/mol. The Labute approximate surface area is 159 Å². The number of hydrogen-bond acceptors (Lipinski definition) is 5. The van der Waals surface area contributed by atoms with Gasteiger partial charge in [0.25, 0.3) is 0 Å². The summed E-state index contributed by atoms with van der Waals surface area (Å²) in [5.74, 6) is -0.604. The van der Waals surface area contributed by atoms with Crippen molar-refractivity contribution in [3.63, 3.8) is 0 Å². The zero-order valence-electron chi connectivity index (χ0n) is 16.6. The predicted octanol–water partition coefficient (Wildman–Crippen LogP) is 4.59. The van der Waals surface area contributed by atoms with Crippen LogP contribution in [0.2, 0.25) is 0 Å². The van der Waals surface area contributed by atoms with E-state index in [0.29, 0.717) is 0 Å². The molecular weight excluding hydrogens is 344 g/mol. The molecule has 1 aromatic carbocycles. The molecule has 6 heteroatoms. The molecule has 144 valence electrons. The van der Waals surface area contributed by atoms with Crippen LogP contribution in [0, 0.1) is 0 Å². The van der Waals surface area contributed by atoms with E-state index in [4.69, 9.17) is 9.47 Å². The smallest absolute Gasteiger partial charge is 0.413 e. The van der Waals surface area contributed by atoms with E-state index in [9.17, 15) is 9.59 Å². The number of amides is 1. The molecule has 6 nitrogen and oxygen atoms in total. The zero-order valence-corrected chi connectivity index (χ0v) is 16.6. The van der Waals surface area contributed by atoms with Gasteiger partial charge >= 0.3 is 12.1 Å². The summed E-state index contributed by atoms with van der Waals surface area (Å²) in [6.45, 7) is 10.8. The van der Waals surface area contributed by atoms with E-state index in [1.54, 1.807) is 33.0 Å². The second-order valence-corrected chi connectivity index (χ2v) is 8.20. The van der Waals surface area contributed by atoms with Gasteiger partial charge in [-0.15, -0.1) is 0 Å². The summed E-state index contributed by atoms with van der Waals surface area (Å²) in [5, 5.41) is 2.70. The van der Waals surface area contributed by atoms with Crippen molar-refractivity contribution in [2.45, 2.75) is 52.7 Å². The normalized spacial score (nSPS) is 11.6. The molecule has 1 amide bonds. The van der Waals surface area contributed by atoms with Crippen LogP contribution in [0.4, 0.5) is 4.79 Å². The molecule has 0 radical (unpaired) electrons. The average molecular weight is 370 g/mol. The molecule has 1 aromatic heterocycles. The van der Waals surface area contributed by atoms with Crippen LogP contribution in [-0.2, 0) is 4.74 Å². The first-order valence-corrected chi connectivity index (χ1v) is 8.73. The van der Waals surface area contributed by atoms with Crippen LogP contribution in [0.5, 0.6) is 5.75 Å². The largest absolute Gasteiger partial charge is 0.455 e. The minimum absolute atomic E-state index is 0.0475. The molecule has 0 fully saturated rings. The lowest BCUT2D eigenvalue weighted by Crippen LogP contribution is -2.42. The molecule has 0 saturated carbocycles. The van der Waals surface area contributed by atoms with Crippen molar-refractivity contribution in [1.82, 2.24) is 10.3 Å². The fraction of sp³-hybridized carbons (Fsp3) is 0.381. The molecule has 0 unspecified atom stereocenters. The SMILES string of the molecule is CC(C)(C)NC(=O)Oc1cc(-c2ccccc2)cnc1C(=O)OC(C)(C)C. The van der Waals surface area contributed by atoms with Crippen molar-refractivity contribution in [1.29, 1.82) is 0 Å². The van der Waals surface area contributed by atoms with Gasteiger partial charge in [0.05, 0.1) is 0 Å². The van der Waals surface area contributed by atoms with Gasteiger partial charge in [0.2, 0.25) is 0 Å². The van der Waals surface area contributed by atoms with Gasteiger partial charge in [-0.2, -0.15) is 0 Å². The van der Waals surface area contributed by atoms with E-state index in [-0.39, 0.29) is 11.4 Å². The number of nitrogens with one attached hydrogen (secondary N) is 1. The van der Waals surface area contributed by atoms with Gasteiger partial charge in [0.15, 0.2) is 11.4 Å². The standard InChI is InChI=1S/C21H26N2O4/c1-20(2,3)23-19(25)26-16-12-15(14-10-8-7-9-11-14)13-22-17(16)18(24)27-21(4,5)6/h7-13H,1-6H3,(H,23,25). The third kappa shape index (κ3) is 6.40. The molecular formula is C21H26N2O4. The highest BCUT2D eigenvalue weighted by Gasteiger charge is 2.25. The third-order valence-electron chi connectivity index (χ3n) is 3.23. The average Bonchev–Trinajstić information content (AvgIpc) is 2.52. The molecule has 0 saturated heterocycles. The van der Waals surface area contributed by atoms with Crippen molar-refractivity contribution < 1.29 is 19.1 Å². The highest BCUT2D eigenvalue weighted by atomic mass is 16.6. The van der Waals surface area contributed by atoms with Crippen LogP contribution in [0.3, 0.4) is 0 Å². The minimum atomic E-state index is -0.693. The van der Waals surface area contributed by atoms with Gasteiger partial charge in [-0.1, -0.05) is 30.3 Å². The molecule has 2 rings (SSSR count). The van der Waals surface area contributed by atoms with Crippen molar-refractivity contribution >= 4 is 12.1 Å². The fourth-order valence-electron chi connectivity index (χ4n) is 2.22. The lowest BCUT2D eigenvalue weighted by Gasteiger charge is -2.22. The fourth-order valence-corrected chi connectivity index (χ4v) is 2.22. The lowest BCUT2D eigenvalue weighted by molar-refractivity contribution is 0.00604. The molecule has 0 aliphatic carbocycles. The summed E-state index contributed by atoms with van der Waals surface area (Å²) in [6, 6.07) is 11.1. The van der Waals surface area contributed by atoms with E-state index < -0.39 is 23.2 Å². The van der Waals surface area contributed by atoms with Crippen LogP contribution in [-0.4, -0.2) is 28.2 Å². The van der Waals surface area contributed by atoms with Gasteiger partial charge in [0, 0.05) is 17.3 Å². The molecule has 0 spiro atoms. The third-order valence-corrected chi connectivity index (χ3v) is 3.23. The number of carbonyl (C=O) groups excluding carboxylic acids is 2. The minimum Gasteiger partial charge on any atom is -0.455 e. The summed E-state index contributed by atoms with van der Waals surface area (Å²) in [4.78, 5) is 28.9. The van der Waals surface area contributed by atoms with Crippen LogP contribution >= 0.6 is 0 Å². The molecule has 1 heterocycles. The van der Waals surface area contributed by atoms with E-state index >= 15 is 0 Å². The molecule has 2 aromatic rings. The van der Waals surface area contributed by atoms with E-state index in [1.807, 2.05) is 51.1 Å². The summed E-state index contributed by atoms with van der Waals surface area (Å²) in [5.41, 5.74) is 0.395. The number of hydrogen-bond donors (Lipinski definition) is 1. The number of rotatable bonds is 3. The highest BCUT2D eigenvalue weighted by Crippen LogP contribution is 2.27. The highest BCUT2D eigenvalue weighted by molar-refractivity contribution is 5.92. The first-order chi connectivity index (χ1) is 12.4. The molecule has 0 bridgehead atoms. The monoisotopic (exact) mass is 370 g/mol. The Balaban J connectivity index is 2.40. The molecule has 0 aliphatic heterocycles. The second kappa shape index (κ2) is 7.78. The topological polar surface area (TPSA) is 77.5 Å². The van der Waals surface area contributed by atoms with Crippen molar-refractivity contribution in [2.75, 3.05) is 0 Å². The van der Waals surface area contributed by atoms with Gasteiger partial charge in [-0.05, 0) is 53.2 Å². The summed E-state index contributed by atoms with van der Waals surface area (Å²) in [7, 11) is 0. The van der Waals surface area contributed by atoms with Crippen LogP contribution in [0.1, 0.15) is 52.0 Å². The Morgan fingerprint density at radius 1 is 0.963 bits per heavy atom. The maximum Gasteiger partial charge on any atom is 0.413 e. The van der Waals surface area contributed by atoms with Gasteiger partial charge < -0.3 is 14.8 Å². The first-order valence-electron chi connectivity index (χ1n) is 8.73. The summed E-state index contributed by atoms with van der Waals surface area (Å²) >= 11 is 0. The maximum atomic E-state index is 12.5. The van der Waals surface area contributed by atoms with E-state index in [1.165, 1.54) is 0 Å². The van der Waals surface area contributed by atoms with Crippen LogP contribution in [0.25, 0.3) is 11.1 Å². The first kappa shape index (κ1) is 20.4. The van der Waals surface area contributed by atoms with Crippen LogP contribution in [0.15, 0.2) is 42.6 Å². The number of carbonyl (C=O) groups is 2. The molecule has 0 aliphatic rings. The number of benzene rings is 1. The Bertz CT molecular complexity index is 818.